The Morgan fingerprint density at radius 3 is 2.70 bits per heavy atom. The Balaban J connectivity index is 1.86. The summed E-state index contributed by atoms with van der Waals surface area (Å²) < 4.78 is 11.0. The Bertz CT molecular complexity index is 414. The first-order valence-electron chi connectivity index (χ1n) is 7.42. The standard InChI is InChI=1S/C16H25NO3/c1-13(18)15-7-6-14(19-2)12-16(15)20-11-5-10-17-8-3-4-9-17/h6-7,12-13,18H,3-5,8-11H2,1-2H3. The van der Waals surface area contributed by atoms with E-state index in [0.717, 1.165) is 30.0 Å². The minimum Gasteiger partial charge on any atom is -0.497 e. The molecule has 1 aromatic rings. The van der Waals surface area contributed by atoms with E-state index in [4.69, 9.17) is 9.47 Å². The molecule has 0 radical (unpaired) electrons. The van der Waals surface area contributed by atoms with Gasteiger partial charge in [0, 0.05) is 18.2 Å². The van der Waals surface area contributed by atoms with Gasteiger partial charge in [0.05, 0.1) is 19.8 Å². The highest BCUT2D eigenvalue weighted by Crippen LogP contribution is 2.29. The van der Waals surface area contributed by atoms with Crippen molar-refractivity contribution in [1.82, 2.24) is 4.90 Å². The highest BCUT2D eigenvalue weighted by molar-refractivity contribution is 5.41. The van der Waals surface area contributed by atoms with Crippen LogP contribution in [0.25, 0.3) is 0 Å². The summed E-state index contributed by atoms with van der Waals surface area (Å²) in [5, 5.41) is 9.77. The van der Waals surface area contributed by atoms with Gasteiger partial charge in [-0.05, 0) is 51.4 Å². The second-order valence-electron chi connectivity index (χ2n) is 5.33. The molecule has 1 fully saturated rings. The van der Waals surface area contributed by atoms with Crippen molar-refractivity contribution in [2.75, 3.05) is 33.4 Å². The maximum atomic E-state index is 9.77. The molecule has 112 valence electrons. The number of rotatable bonds is 7. The molecule has 1 unspecified atom stereocenters. The van der Waals surface area contributed by atoms with E-state index in [1.54, 1.807) is 14.0 Å². The van der Waals surface area contributed by atoms with Crippen LogP contribution in [0.15, 0.2) is 18.2 Å². The Morgan fingerprint density at radius 2 is 2.05 bits per heavy atom. The van der Waals surface area contributed by atoms with E-state index in [2.05, 4.69) is 4.90 Å². The van der Waals surface area contributed by atoms with E-state index in [1.165, 1.54) is 25.9 Å². The molecule has 1 aliphatic rings. The monoisotopic (exact) mass is 279 g/mol. The zero-order valence-electron chi connectivity index (χ0n) is 12.5. The minimum atomic E-state index is -0.533. The fraction of sp³-hybridized carbons (Fsp3) is 0.625. The summed E-state index contributed by atoms with van der Waals surface area (Å²) >= 11 is 0. The van der Waals surface area contributed by atoms with E-state index in [1.807, 2.05) is 18.2 Å². The van der Waals surface area contributed by atoms with Crippen LogP contribution in [-0.4, -0.2) is 43.4 Å². The second-order valence-corrected chi connectivity index (χ2v) is 5.33. The summed E-state index contributed by atoms with van der Waals surface area (Å²) in [7, 11) is 1.63. The minimum absolute atomic E-state index is 0.533. The maximum absolute atomic E-state index is 9.77. The van der Waals surface area contributed by atoms with Crippen molar-refractivity contribution in [2.24, 2.45) is 0 Å². The summed E-state index contributed by atoms with van der Waals surface area (Å²) in [5.41, 5.74) is 0.812. The van der Waals surface area contributed by atoms with Gasteiger partial charge in [0.15, 0.2) is 0 Å². The molecule has 20 heavy (non-hydrogen) atoms. The number of hydrogen-bond donors (Lipinski definition) is 1. The van der Waals surface area contributed by atoms with Crippen LogP contribution >= 0.6 is 0 Å². The normalized spacial score (nSPS) is 17.1. The first-order valence-corrected chi connectivity index (χ1v) is 7.42. The predicted molar refractivity (Wildman–Crippen MR) is 79.4 cm³/mol. The summed E-state index contributed by atoms with van der Waals surface area (Å²) in [6.07, 6.45) is 3.12. The average molecular weight is 279 g/mol. The number of nitrogens with zero attached hydrogens (tertiary/aromatic N) is 1. The third kappa shape index (κ3) is 4.12. The Hall–Kier alpha value is -1.26. The van der Waals surface area contributed by atoms with E-state index in [-0.39, 0.29) is 0 Å². The van der Waals surface area contributed by atoms with Crippen molar-refractivity contribution < 1.29 is 14.6 Å². The molecular formula is C16H25NO3. The van der Waals surface area contributed by atoms with Crippen LogP contribution in [0.1, 0.15) is 37.9 Å². The fourth-order valence-electron chi connectivity index (χ4n) is 2.59. The molecule has 0 amide bonds. The van der Waals surface area contributed by atoms with Gasteiger partial charge in [-0.15, -0.1) is 0 Å². The van der Waals surface area contributed by atoms with E-state index in [0.29, 0.717) is 6.61 Å². The largest absolute Gasteiger partial charge is 0.497 e. The number of aliphatic hydroxyl groups excluding tert-OH is 1. The third-order valence-corrected chi connectivity index (χ3v) is 3.75. The van der Waals surface area contributed by atoms with Crippen LogP contribution in [0.3, 0.4) is 0 Å². The quantitative estimate of drug-likeness (QED) is 0.779. The molecule has 0 spiro atoms. The van der Waals surface area contributed by atoms with Crippen LogP contribution in [0, 0.1) is 0 Å². The van der Waals surface area contributed by atoms with E-state index >= 15 is 0 Å². The average Bonchev–Trinajstić information content (AvgIpc) is 2.96. The molecule has 0 bridgehead atoms. The van der Waals surface area contributed by atoms with E-state index < -0.39 is 6.10 Å². The molecule has 1 N–H and O–H groups in total. The van der Waals surface area contributed by atoms with Crippen molar-refractivity contribution in [1.29, 1.82) is 0 Å². The molecule has 0 aliphatic carbocycles. The topological polar surface area (TPSA) is 41.9 Å². The van der Waals surface area contributed by atoms with Gasteiger partial charge in [-0.25, -0.2) is 0 Å². The molecule has 1 atom stereocenters. The zero-order valence-corrected chi connectivity index (χ0v) is 12.5. The van der Waals surface area contributed by atoms with Gasteiger partial charge in [0.25, 0.3) is 0 Å². The highest BCUT2D eigenvalue weighted by Gasteiger charge is 2.12. The third-order valence-electron chi connectivity index (χ3n) is 3.75. The van der Waals surface area contributed by atoms with Gasteiger partial charge in [0.2, 0.25) is 0 Å². The summed E-state index contributed by atoms with van der Waals surface area (Å²) in [6.45, 7) is 5.95. The molecule has 1 aromatic carbocycles. The van der Waals surface area contributed by atoms with Crippen molar-refractivity contribution in [3.8, 4) is 11.5 Å². The first kappa shape index (κ1) is 15.1. The Kier molecular flexibility index (Phi) is 5.68. The maximum Gasteiger partial charge on any atom is 0.128 e. The molecule has 0 saturated carbocycles. The molecule has 1 aliphatic heterocycles. The van der Waals surface area contributed by atoms with Gasteiger partial charge in [-0.1, -0.05) is 0 Å². The lowest BCUT2D eigenvalue weighted by Gasteiger charge is -2.17. The van der Waals surface area contributed by atoms with Crippen molar-refractivity contribution in [2.45, 2.75) is 32.3 Å². The number of likely N-dealkylation sites (tertiary alicyclic amines) is 1. The molecule has 0 aromatic heterocycles. The molecule has 2 rings (SSSR count). The number of ether oxygens (including phenoxy) is 2. The Morgan fingerprint density at radius 1 is 1.30 bits per heavy atom. The number of hydrogen-bond acceptors (Lipinski definition) is 4. The van der Waals surface area contributed by atoms with Crippen LogP contribution in [0.4, 0.5) is 0 Å². The molecular weight excluding hydrogens is 254 g/mol. The van der Waals surface area contributed by atoms with Gasteiger partial charge in [0.1, 0.15) is 11.5 Å². The van der Waals surface area contributed by atoms with E-state index in [9.17, 15) is 5.11 Å². The van der Waals surface area contributed by atoms with Crippen molar-refractivity contribution >= 4 is 0 Å². The van der Waals surface area contributed by atoms with Gasteiger partial charge in [-0.2, -0.15) is 0 Å². The fourth-order valence-corrected chi connectivity index (χ4v) is 2.59. The van der Waals surface area contributed by atoms with Crippen molar-refractivity contribution in [3.63, 3.8) is 0 Å². The number of methoxy groups -OCH3 is 1. The molecule has 1 saturated heterocycles. The van der Waals surface area contributed by atoms with Crippen molar-refractivity contribution in [3.05, 3.63) is 23.8 Å². The summed E-state index contributed by atoms with van der Waals surface area (Å²) in [6, 6.07) is 5.55. The van der Waals surface area contributed by atoms with Gasteiger partial charge < -0.3 is 19.5 Å². The number of benzene rings is 1. The van der Waals surface area contributed by atoms with Crippen LogP contribution < -0.4 is 9.47 Å². The highest BCUT2D eigenvalue weighted by atomic mass is 16.5. The van der Waals surface area contributed by atoms with Gasteiger partial charge >= 0.3 is 0 Å². The lowest BCUT2D eigenvalue weighted by Crippen LogP contribution is -2.22. The molecule has 4 heteroatoms. The number of aliphatic hydroxyl groups is 1. The van der Waals surface area contributed by atoms with Crippen LogP contribution in [-0.2, 0) is 0 Å². The van der Waals surface area contributed by atoms with Crippen LogP contribution in [0.2, 0.25) is 0 Å². The SMILES string of the molecule is COc1ccc(C(C)O)c(OCCCN2CCCC2)c1. The van der Waals surface area contributed by atoms with Gasteiger partial charge in [-0.3, -0.25) is 0 Å². The first-order chi connectivity index (χ1) is 9.70. The lowest BCUT2D eigenvalue weighted by molar-refractivity contribution is 0.189. The summed E-state index contributed by atoms with van der Waals surface area (Å²) in [4.78, 5) is 2.48. The Labute approximate surface area is 121 Å². The second kappa shape index (κ2) is 7.50. The summed E-state index contributed by atoms with van der Waals surface area (Å²) in [5.74, 6) is 1.48. The zero-order chi connectivity index (χ0) is 14.4. The lowest BCUT2D eigenvalue weighted by atomic mass is 10.1. The predicted octanol–water partition coefficient (Wildman–Crippen LogP) is 2.61. The van der Waals surface area contributed by atoms with Crippen LogP contribution in [0.5, 0.6) is 11.5 Å². The smallest absolute Gasteiger partial charge is 0.128 e. The molecule has 1 heterocycles. The molecule has 4 nitrogen and oxygen atoms in total.